The van der Waals surface area contributed by atoms with Crippen LogP contribution < -0.4 is 27.4 Å². The van der Waals surface area contributed by atoms with E-state index in [0.717, 1.165) is 41.5 Å². The van der Waals surface area contributed by atoms with Crippen molar-refractivity contribution in [1.82, 2.24) is 30.8 Å². The maximum Gasteiger partial charge on any atom is 0.280 e. The van der Waals surface area contributed by atoms with E-state index in [4.69, 9.17) is 38.7 Å². The third-order valence-corrected chi connectivity index (χ3v) is 10.2. The summed E-state index contributed by atoms with van der Waals surface area (Å²) in [6, 6.07) is 16.0. The zero-order valence-corrected chi connectivity index (χ0v) is 34.8. The number of aromatic nitrogens is 2. The molecule has 2 aromatic carbocycles. The molecule has 1 heterocycles. The van der Waals surface area contributed by atoms with Crippen LogP contribution in [0.3, 0.4) is 0 Å². The monoisotopic (exact) mass is 893 g/mol. The molecule has 2 amide bonds. The van der Waals surface area contributed by atoms with Gasteiger partial charge in [-0.05, 0) is 54.4 Å². The van der Waals surface area contributed by atoms with Crippen LogP contribution in [0.25, 0.3) is 11.1 Å². The molecule has 62 heavy (non-hydrogen) atoms. The number of carbonyl (C=O) groups excluding carboxylic acids is 2. The van der Waals surface area contributed by atoms with Gasteiger partial charge in [0.05, 0.1) is 25.4 Å². The number of anilines is 2. The van der Waals surface area contributed by atoms with E-state index in [9.17, 15) is 50.4 Å². The van der Waals surface area contributed by atoms with E-state index in [-0.39, 0.29) is 60.3 Å². The van der Waals surface area contributed by atoms with Gasteiger partial charge in [0.15, 0.2) is 28.4 Å². The molecule has 21 nitrogen and oxygen atoms in total. The zero-order valence-electron chi connectivity index (χ0n) is 34.1. The summed E-state index contributed by atoms with van der Waals surface area (Å²) < 4.78 is 0. The van der Waals surface area contributed by atoms with Crippen LogP contribution in [0.5, 0.6) is 0 Å². The van der Waals surface area contributed by atoms with Crippen molar-refractivity contribution in [2.45, 2.75) is 87.4 Å². The summed E-state index contributed by atoms with van der Waals surface area (Å²) in [4.78, 5) is 33.9. The number of aryl methyl sites for hydroxylation is 2. The first-order valence-corrected chi connectivity index (χ1v) is 20.4. The first kappa shape index (κ1) is 51.7. The van der Waals surface area contributed by atoms with Gasteiger partial charge in [0.2, 0.25) is 5.91 Å². The Morgan fingerprint density at radius 1 is 0.661 bits per heavy atom. The van der Waals surface area contributed by atoms with E-state index < -0.39 is 81.0 Å². The van der Waals surface area contributed by atoms with Crippen LogP contribution in [0.2, 0.25) is 5.15 Å². The van der Waals surface area contributed by atoms with E-state index in [2.05, 4.69) is 25.9 Å². The Morgan fingerprint density at radius 2 is 1.15 bits per heavy atom. The van der Waals surface area contributed by atoms with E-state index in [0.29, 0.717) is 13.0 Å². The van der Waals surface area contributed by atoms with Crippen LogP contribution in [0.1, 0.15) is 47.3 Å². The molecule has 0 fully saturated rings. The molecular formula is C40H60ClN9O12. The molecule has 3 rings (SSSR count). The zero-order chi connectivity index (χ0) is 45.9. The van der Waals surface area contributed by atoms with Crippen molar-refractivity contribution < 1.29 is 60.7 Å². The number of hydrogen-bond donors (Lipinski definition) is 16. The fourth-order valence-electron chi connectivity index (χ4n) is 6.23. The number of halogens is 1. The lowest BCUT2D eigenvalue weighted by atomic mass is 9.99. The van der Waals surface area contributed by atoms with Crippen molar-refractivity contribution in [1.29, 1.82) is 5.41 Å². The van der Waals surface area contributed by atoms with Gasteiger partial charge in [-0.1, -0.05) is 60.1 Å². The number of unbranched alkanes of at least 4 members (excludes halogenated alkanes) is 1. The number of aliphatic hydroxyl groups excluding tert-OH is 10. The number of carbonyl (C=O) groups is 2. The maximum absolute atomic E-state index is 12.6. The average molecular weight is 894 g/mol. The maximum atomic E-state index is 12.6. The van der Waals surface area contributed by atoms with Crippen molar-refractivity contribution in [2.75, 3.05) is 57.4 Å². The number of amides is 2. The minimum Gasteiger partial charge on any atom is -0.394 e. The predicted octanol–water partition coefficient (Wildman–Crippen LogP) is -3.15. The number of benzene rings is 2. The molecule has 1 aromatic heterocycles. The van der Waals surface area contributed by atoms with Crippen LogP contribution in [-0.4, -0.2) is 178 Å². The van der Waals surface area contributed by atoms with Crippen molar-refractivity contribution in [3.8, 4) is 11.1 Å². The quantitative estimate of drug-likeness (QED) is 0.0215. The Morgan fingerprint density at radius 3 is 1.66 bits per heavy atom. The highest BCUT2D eigenvalue weighted by Gasteiger charge is 2.34. The Hall–Kier alpha value is -4.62. The Bertz CT molecular complexity index is 1820. The summed E-state index contributed by atoms with van der Waals surface area (Å²) in [6.07, 6.45) is -11.1. The number of nitrogen functional groups attached to an aromatic ring is 2. The lowest BCUT2D eigenvalue weighted by Crippen LogP contribution is -2.53. The van der Waals surface area contributed by atoms with E-state index in [1.807, 2.05) is 48.5 Å². The SMILES string of the molecule is N=C(NCCCCc1ccc(-c2ccc(CCC(=O)NCCCN(C[C@H](O)[C@@H](O)[C@H](O)[C@H](O)CO)C[C@H](O)[C@@H](O)[C@H](O)[C@H](O)CO)cc2)cc1)NC(=O)c1nc(Cl)c(N)nc1N. The van der Waals surface area contributed by atoms with Crippen molar-refractivity contribution in [3.63, 3.8) is 0 Å². The standard InChI is InChI=1S/C40H60ClN9O12/c41-36-38(43)48-37(42)31(47-36)39(62)49-40(44)46-15-2-1-4-22-5-10-24(11-6-22)25-12-7-23(8-13-25)9-14-30(57)45-16-3-17-50(18-26(53)32(58)34(60)28(55)20-51)19-27(54)33(59)35(61)29(56)21-52/h5-8,10-13,26-29,32-35,51-56,58-61H,1-4,9,14-21H2,(H,45,57)(H4,42,43,48)(H3,44,46,49,62)/t26-,27-,28+,29+,32+,33+,34+,35+/m0/s1. The third kappa shape index (κ3) is 16.6. The number of nitrogens with two attached hydrogens (primary N) is 2. The van der Waals surface area contributed by atoms with E-state index in [1.54, 1.807) is 0 Å². The second kappa shape index (κ2) is 26.1. The second-order valence-corrected chi connectivity index (χ2v) is 15.2. The molecular weight excluding hydrogens is 834 g/mol. The molecule has 0 saturated carbocycles. The average Bonchev–Trinajstić information content (AvgIpc) is 3.26. The van der Waals surface area contributed by atoms with Gasteiger partial charge < -0.3 is 73.2 Å². The molecule has 3 aromatic rings. The molecule has 8 atom stereocenters. The topological polar surface area (TPSA) is 377 Å². The van der Waals surface area contributed by atoms with Crippen LogP contribution >= 0.6 is 11.6 Å². The molecule has 344 valence electrons. The summed E-state index contributed by atoms with van der Waals surface area (Å²) in [7, 11) is 0. The molecule has 0 radical (unpaired) electrons. The molecule has 0 unspecified atom stereocenters. The van der Waals surface area contributed by atoms with Gasteiger partial charge in [0.1, 0.15) is 36.6 Å². The van der Waals surface area contributed by atoms with Crippen LogP contribution in [-0.2, 0) is 17.6 Å². The lowest BCUT2D eigenvalue weighted by Gasteiger charge is -2.33. The van der Waals surface area contributed by atoms with Crippen molar-refractivity contribution in [2.24, 2.45) is 0 Å². The van der Waals surface area contributed by atoms with Crippen LogP contribution in [0, 0.1) is 5.41 Å². The van der Waals surface area contributed by atoms with Gasteiger partial charge in [0.25, 0.3) is 5.91 Å². The molecule has 0 bridgehead atoms. The molecule has 0 aliphatic rings. The highest BCUT2D eigenvalue weighted by atomic mass is 35.5. The molecule has 0 spiro atoms. The van der Waals surface area contributed by atoms with Gasteiger partial charge in [-0.3, -0.25) is 25.2 Å². The first-order valence-electron chi connectivity index (χ1n) is 20.0. The summed E-state index contributed by atoms with van der Waals surface area (Å²) in [5, 5.41) is 115. The fraction of sp³-hybridized carbons (Fsp3) is 0.525. The van der Waals surface area contributed by atoms with Gasteiger partial charge >= 0.3 is 0 Å². The highest BCUT2D eigenvalue weighted by Crippen LogP contribution is 2.22. The molecule has 0 saturated heterocycles. The molecule has 0 aliphatic heterocycles. The minimum atomic E-state index is -1.90. The first-order chi connectivity index (χ1) is 29.4. The summed E-state index contributed by atoms with van der Waals surface area (Å²) in [5.41, 5.74) is 15.1. The molecule has 22 heteroatoms. The number of nitrogens with one attached hydrogen (secondary N) is 4. The fourth-order valence-corrected chi connectivity index (χ4v) is 6.35. The second-order valence-electron chi connectivity index (χ2n) is 14.8. The largest absolute Gasteiger partial charge is 0.394 e. The lowest BCUT2D eigenvalue weighted by molar-refractivity contribution is -0.130. The summed E-state index contributed by atoms with van der Waals surface area (Å²) in [6.45, 7) is -1.85. The van der Waals surface area contributed by atoms with E-state index >= 15 is 0 Å². The van der Waals surface area contributed by atoms with Gasteiger partial charge in [-0.15, -0.1) is 0 Å². The van der Waals surface area contributed by atoms with Gasteiger partial charge in [-0.2, -0.15) is 0 Å². The third-order valence-electron chi connectivity index (χ3n) is 9.95. The predicted molar refractivity (Wildman–Crippen MR) is 228 cm³/mol. The number of hydrogen-bond acceptors (Lipinski definition) is 18. The summed E-state index contributed by atoms with van der Waals surface area (Å²) >= 11 is 5.82. The number of rotatable bonds is 26. The summed E-state index contributed by atoms with van der Waals surface area (Å²) in [5.74, 6) is -1.49. The van der Waals surface area contributed by atoms with Crippen LogP contribution in [0.4, 0.5) is 11.6 Å². The van der Waals surface area contributed by atoms with Crippen LogP contribution in [0.15, 0.2) is 48.5 Å². The Labute approximate surface area is 363 Å². The normalized spacial score (nSPS) is 15.5. The van der Waals surface area contributed by atoms with Crippen molar-refractivity contribution >= 4 is 41.0 Å². The number of aliphatic hydroxyl groups is 10. The van der Waals surface area contributed by atoms with Gasteiger partial charge in [-0.25, -0.2) is 9.97 Å². The number of nitrogens with zero attached hydrogens (tertiary/aromatic N) is 3. The minimum absolute atomic E-state index is 0.0805. The smallest absolute Gasteiger partial charge is 0.280 e. The Kier molecular flexibility index (Phi) is 21.8. The van der Waals surface area contributed by atoms with E-state index in [1.165, 1.54) is 4.90 Å². The Balaban J connectivity index is 1.40. The van der Waals surface area contributed by atoms with Gasteiger partial charge in [0, 0.05) is 39.1 Å². The highest BCUT2D eigenvalue weighted by molar-refractivity contribution is 6.31. The van der Waals surface area contributed by atoms with Crippen molar-refractivity contribution in [3.05, 3.63) is 70.5 Å². The molecule has 0 aliphatic carbocycles. The molecule has 18 N–H and O–H groups in total. The number of guanidine groups is 1.